The summed E-state index contributed by atoms with van der Waals surface area (Å²) in [5.41, 5.74) is -0.831. The molecule has 0 spiro atoms. The summed E-state index contributed by atoms with van der Waals surface area (Å²) in [5.74, 6) is -0.735. The lowest BCUT2D eigenvalue weighted by atomic mass is 10.1. The predicted molar refractivity (Wildman–Crippen MR) is 83.2 cm³/mol. The van der Waals surface area contributed by atoms with Gasteiger partial charge in [0.15, 0.2) is 0 Å². The molecule has 7 nitrogen and oxygen atoms in total. The first-order valence-corrected chi connectivity index (χ1v) is 7.07. The highest BCUT2D eigenvalue weighted by Gasteiger charge is 2.29. The lowest BCUT2D eigenvalue weighted by Crippen LogP contribution is -2.28. The van der Waals surface area contributed by atoms with E-state index in [-0.39, 0.29) is 24.4 Å². The number of carbonyl (C=O) groups is 1. The molecule has 0 atom stereocenters. The van der Waals surface area contributed by atoms with E-state index < -0.39 is 16.5 Å². The minimum Gasteiger partial charge on any atom is -0.456 e. The number of benzene rings is 1. The van der Waals surface area contributed by atoms with Gasteiger partial charge in [0.05, 0.1) is 11.5 Å². The maximum Gasteiger partial charge on any atom is 0.345 e. The molecule has 1 aromatic carbocycles. The van der Waals surface area contributed by atoms with Crippen LogP contribution in [0.5, 0.6) is 0 Å². The van der Waals surface area contributed by atoms with E-state index in [4.69, 9.17) is 9.84 Å². The van der Waals surface area contributed by atoms with Crippen LogP contribution in [-0.2, 0) is 4.74 Å². The Labute approximate surface area is 129 Å². The van der Waals surface area contributed by atoms with Crippen LogP contribution in [0.15, 0.2) is 18.2 Å². The number of aliphatic hydroxyl groups excluding tert-OH is 1. The zero-order chi connectivity index (χ0) is 16.9. The molecule has 0 heterocycles. The van der Waals surface area contributed by atoms with E-state index in [1.807, 2.05) is 6.92 Å². The van der Waals surface area contributed by atoms with Gasteiger partial charge in [0.1, 0.15) is 16.9 Å². The zero-order valence-corrected chi connectivity index (χ0v) is 13.3. The van der Waals surface area contributed by atoms with E-state index in [0.29, 0.717) is 12.2 Å². The fourth-order valence-corrected chi connectivity index (χ4v) is 2.05. The summed E-state index contributed by atoms with van der Waals surface area (Å²) < 4.78 is 5.23. The number of nitro benzene ring substituents is 1. The summed E-state index contributed by atoms with van der Waals surface area (Å²) in [6, 6.07) is 4.51. The lowest BCUT2D eigenvalue weighted by Gasteiger charge is -2.23. The Kier molecular flexibility index (Phi) is 5.87. The van der Waals surface area contributed by atoms with Crippen molar-refractivity contribution in [1.29, 1.82) is 0 Å². The second-order valence-corrected chi connectivity index (χ2v) is 5.74. The Morgan fingerprint density at radius 2 is 2.05 bits per heavy atom. The zero-order valence-electron chi connectivity index (χ0n) is 13.3. The predicted octanol–water partition coefficient (Wildman–Crippen LogP) is 2.37. The number of para-hydroxylation sites is 1. The molecule has 0 aliphatic carbocycles. The maximum absolute atomic E-state index is 12.2. The summed E-state index contributed by atoms with van der Waals surface area (Å²) in [4.78, 5) is 24.7. The highest BCUT2D eigenvalue weighted by atomic mass is 16.6. The van der Waals surface area contributed by atoms with Crippen molar-refractivity contribution in [2.45, 2.75) is 33.3 Å². The molecule has 0 fully saturated rings. The lowest BCUT2D eigenvalue weighted by molar-refractivity contribution is -0.384. The molecule has 0 unspecified atom stereocenters. The van der Waals surface area contributed by atoms with Crippen LogP contribution in [0.25, 0.3) is 0 Å². The van der Waals surface area contributed by atoms with Crippen LogP contribution in [0.3, 0.4) is 0 Å². The number of nitrogens with zero attached hydrogens (tertiary/aromatic N) is 2. The molecule has 0 amide bonds. The Hall–Kier alpha value is -2.15. The van der Waals surface area contributed by atoms with Crippen molar-refractivity contribution in [3.63, 3.8) is 0 Å². The largest absolute Gasteiger partial charge is 0.456 e. The molecule has 0 aromatic heterocycles. The number of aliphatic hydroxyl groups is 1. The van der Waals surface area contributed by atoms with Gasteiger partial charge in [0.25, 0.3) is 0 Å². The van der Waals surface area contributed by atoms with Crippen LogP contribution < -0.4 is 4.90 Å². The van der Waals surface area contributed by atoms with Gasteiger partial charge in [-0.1, -0.05) is 6.07 Å². The second kappa shape index (κ2) is 7.22. The van der Waals surface area contributed by atoms with Crippen LogP contribution in [-0.4, -0.2) is 41.3 Å². The molecule has 1 aromatic rings. The van der Waals surface area contributed by atoms with Crippen molar-refractivity contribution < 1.29 is 19.6 Å². The molecule has 122 valence electrons. The number of nitro groups is 1. The number of ether oxygens (including phenoxy) is 1. The number of esters is 1. The normalized spacial score (nSPS) is 11.1. The smallest absolute Gasteiger partial charge is 0.345 e. The number of hydrogen-bond donors (Lipinski definition) is 1. The van der Waals surface area contributed by atoms with E-state index in [1.54, 1.807) is 37.8 Å². The molecule has 0 saturated heterocycles. The van der Waals surface area contributed by atoms with E-state index >= 15 is 0 Å². The van der Waals surface area contributed by atoms with Gasteiger partial charge in [-0.2, -0.15) is 0 Å². The average molecular weight is 310 g/mol. The summed E-state index contributed by atoms with van der Waals surface area (Å²) in [6.07, 6.45) is 0. The quantitative estimate of drug-likeness (QED) is 0.492. The van der Waals surface area contributed by atoms with E-state index in [9.17, 15) is 14.9 Å². The second-order valence-electron chi connectivity index (χ2n) is 5.74. The molecule has 1 rings (SSSR count). The van der Waals surface area contributed by atoms with Crippen molar-refractivity contribution in [3.8, 4) is 0 Å². The number of likely N-dealkylation sites (N-methyl/N-ethyl adjacent to an activating group) is 1. The highest BCUT2D eigenvalue weighted by molar-refractivity contribution is 5.97. The first-order chi connectivity index (χ1) is 10.2. The standard InChI is InChI=1S/C15H22N2O5/c1-5-16(9-10-18)12-8-6-7-11(13(12)17(20)21)14(19)22-15(2,3)4/h6-8,18H,5,9-10H2,1-4H3. The first kappa shape index (κ1) is 17.9. The Bertz CT molecular complexity index is 551. The Morgan fingerprint density at radius 3 is 2.50 bits per heavy atom. The van der Waals surface area contributed by atoms with E-state index in [2.05, 4.69) is 0 Å². The fourth-order valence-electron chi connectivity index (χ4n) is 2.05. The molecule has 22 heavy (non-hydrogen) atoms. The van der Waals surface area contributed by atoms with Gasteiger partial charge in [-0.25, -0.2) is 4.79 Å². The Balaban J connectivity index is 3.35. The minimum absolute atomic E-state index is 0.0891. The maximum atomic E-state index is 12.2. The molecule has 0 saturated carbocycles. The number of anilines is 1. The van der Waals surface area contributed by atoms with Crippen molar-refractivity contribution in [1.82, 2.24) is 0 Å². The summed E-state index contributed by atoms with van der Waals surface area (Å²) in [5, 5.41) is 20.5. The van der Waals surface area contributed by atoms with Crippen molar-refractivity contribution >= 4 is 17.3 Å². The summed E-state index contributed by atoms with van der Waals surface area (Å²) in [6.45, 7) is 7.50. The molecule has 0 radical (unpaired) electrons. The third kappa shape index (κ3) is 4.42. The SMILES string of the molecule is CCN(CCO)c1cccc(C(=O)OC(C)(C)C)c1[N+](=O)[O-]. The molecular weight excluding hydrogens is 288 g/mol. The van der Waals surface area contributed by atoms with Crippen LogP contribution in [0.1, 0.15) is 38.1 Å². The van der Waals surface area contributed by atoms with Crippen LogP contribution in [0.2, 0.25) is 0 Å². The molecule has 7 heteroatoms. The van der Waals surface area contributed by atoms with Gasteiger partial charge in [0.2, 0.25) is 0 Å². The van der Waals surface area contributed by atoms with Crippen LogP contribution >= 0.6 is 0 Å². The average Bonchev–Trinajstić information content (AvgIpc) is 2.42. The third-order valence-corrected chi connectivity index (χ3v) is 2.91. The first-order valence-electron chi connectivity index (χ1n) is 7.07. The third-order valence-electron chi connectivity index (χ3n) is 2.91. The van der Waals surface area contributed by atoms with Crippen molar-refractivity contribution in [3.05, 3.63) is 33.9 Å². The highest BCUT2D eigenvalue weighted by Crippen LogP contribution is 2.32. The van der Waals surface area contributed by atoms with E-state index in [1.165, 1.54) is 6.07 Å². The van der Waals surface area contributed by atoms with Gasteiger partial charge in [-0.15, -0.1) is 0 Å². The van der Waals surface area contributed by atoms with Crippen molar-refractivity contribution in [2.75, 3.05) is 24.6 Å². The topological polar surface area (TPSA) is 92.9 Å². The number of carbonyl (C=O) groups excluding carboxylic acids is 1. The van der Waals surface area contributed by atoms with Gasteiger partial charge in [0, 0.05) is 13.1 Å². The fraction of sp³-hybridized carbons (Fsp3) is 0.533. The van der Waals surface area contributed by atoms with E-state index in [0.717, 1.165) is 0 Å². The van der Waals surface area contributed by atoms with Gasteiger partial charge >= 0.3 is 11.7 Å². The minimum atomic E-state index is -0.740. The van der Waals surface area contributed by atoms with Gasteiger partial charge in [-0.3, -0.25) is 10.1 Å². The molecule has 0 aliphatic heterocycles. The van der Waals surface area contributed by atoms with Gasteiger partial charge in [-0.05, 0) is 39.8 Å². The number of rotatable bonds is 6. The molecule has 1 N–H and O–H groups in total. The molecular formula is C15H22N2O5. The van der Waals surface area contributed by atoms with Crippen LogP contribution in [0, 0.1) is 10.1 Å². The number of hydrogen-bond acceptors (Lipinski definition) is 6. The summed E-state index contributed by atoms with van der Waals surface area (Å²) in [7, 11) is 0. The van der Waals surface area contributed by atoms with Crippen LogP contribution in [0.4, 0.5) is 11.4 Å². The molecule has 0 aliphatic rings. The van der Waals surface area contributed by atoms with Crippen molar-refractivity contribution in [2.24, 2.45) is 0 Å². The summed E-state index contributed by atoms with van der Waals surface area (Å²) >= 11 is 0. The molecule has 0 bridgehead atoms. The Morgan fingerprint density at radius 1 is 1.41 bits per heavy atom. The van der Waals surface area contributed by atoms with Gasteiger partial charge < -0.3 is 14.7 Å². The monoisotopic (exact) mass is 310 g/mol.